The molecular weight excluding hydrogens is 244 g/mol. The quantitative estimate of drug-likeness (QED) is 0.264. The van der Waals surface area contributed by atoms with Gasteiger partial charge >= 0.3 is 11.9 Å². The van der Waals surface area contributed by atoms with Gasteiger partial charge in [-0.3, -0.25) is 0 Å². The second kappa shape index (κ2) is 12.9. The van der Waals surface area contributed by atoms with Gasteiger partial charge in [-0.2, -0.15) is 0 Å². The molecule has 0 rings (SSSR count). The molecule has 0 fully saturated rings. The van der Waals surface area contributed by atoms with Crippen LogP contribution in [-0.4, -0.2) is 25.2 Å². The molecule has 0 N–H and O–H groups in total. The molecule has 0 heterocycles. The number of carbonyl (C=O) groups excluding carboxylic acids is 2. The molecule has 0 spiro atoms. The van der Waals surface area contributed by atoms with E-state index in [1.807, 2.05) is 19.1 Å². The number of carbonyl (C=O) groups is 2. The molecule has 0 aliphatic carbocycles. The van der Waals surface area contributed by atoms with Crippen LogP contribution in [0.15, 0.2) is 24.3 Å². The number of rotatable bonds is 10. The van der Waals surface area contributed by atoms with E-state index in [0.29, 0.717) is 19.6 Å². The maximum atomic E-state index is 11.2. The van der Waals surface area contributed by atoms with Gasteiger partial charge in [0.15, 0.2) is 0 Å². The lowest BCUT2D eigenvalue weighted by molar-refractivity contribution is -0.140. The van der Waals surface area contributed by atoms with Gasteiger partial charge in [-0.05, 0) is 19.3 Å². The Morgan fingerprint density at radius 3 is 2.11 bits per heavy atom. The summed E-state index contributed by atoms with van der Waals surface area (Å²) in [6, 6.07) is 0. The number of hydrogen-bond donors (Lipinski definition) is 0. The van der Waals surface area contributed by atoms with E-state index in [9.17, 15) is 9.59 Å². The molecule has 0 unspecified atom stereocenters. The molecule has 0 saturated carbocycles. The maximum Gasteiger partial charge on any atom is 0.331 e. The SMILES string of the molecule is CC/C=C/CCOC(=O)/C=C/C(=O)OCCCCC. The van der Waals surface area contributed by atoms with Crippen LogP contribution in [0.2, 0.25) is 0 Å². The highest BCUT2D eigenvalue weighted by atomic mass is 16.5. The minimum Gasteiger partial charge on any atom is -0.463 e. The van der Waals surface area contributed by atoms with E-state index in [1.165, 1.54) is 0 Å². The average molecular weight is 268 g/mol. The molecule has 0 aliphatic heterocycles. The standard InChI is InChI=1S/C15H24O4/c1-3-5-7-9-13-19-15(17)11-10-14(16)18-12-8-6-4-2/h5,7,10-11H,3-4,6,8-9,12-13H2,1-2H3/b7-5+,11-10+. The number of hydrogen-bond acceptors (Lipinski definition) is 4. The molecule has 0 aromatic carbocycles. The summed E-state index contributed by atoms with van der Waals surface area (Å²) in [6.07, 6.45) is 10.8. The lowest BCUT2D eigenvalue weighted by Crippen LogP contribution is -2.05. The summed E-state index contributed by atoms with van der Waals surface area (Å²) in [5.41, 5.74) is 0. The Hall–Kier alpha value is -1.58. The van der Waals surface area contributed by atoms with Crippen LogP contribution < -0.4 is 0 Å². The predicted octanol–water partition coefficient (Wildman–Crippen LogP) is 3.18. The Bertz CT molecular complexity index is 305. The zero-order chi connectivity index (χ0) is 14.3. The van der Waals surface area contributed by atoms with Crippen LogP contribution in [0.3, 0.4) is 0 Å². The van der Waals surface area contributed by atoms with Crippen molar-refractivity contribution in [1.29, 1.82) is 0 Å². The lowest BCUT2D eigenvalue weighted by Gasteiger charge is -2.00. The van der Waals surface area contributed by atoms with Crippen LogP contribution in [0.4, 0.5) is 0 Å². The summed E-state index contributed by atoms with van der Waals surface area (Å²) >= 11 is 0. The summed E-state index contributed by atoms with van der Waals surface area (Å²) < 4.78 is 9.80. The predicted molar refractivity (Wildman–Crippen MR) is 74.6 cm³/mol. The minimum absolute atomic E-state index is 0.325. The molecule has 0 amide bonds. The van der Waals surface area contributed by atoms with E-state index < -0.39 is 11.9 Å². The molecule has 4 nitrogen and oxygen atoms in total. The third kappa shape index (κ3) is 12.7. The van der Waals surface area contributed by atoms with Gasteiger partial charge in [-0.1, -0.05) is 38.8 Å². The van der Waals surface area contributed by atoms with Crippen molar-refractivity contribution in [3.05, 3.63) is 24.3 Å². The van der Waals surface area contributed by atoms with Crippen molar-refractivity contribution >= 4 is 11.9 Å². The van der Waals surface area contributed by atoms with E-state index >= 15 is 0 Å². The first-order valence-corrected chi connectivity index (χ1v) is 6.87. The molecule has 0 bridgehead atoms. The largest absolute Gasteiger partial charge is 0.463 e. The molecular formula is C15H24O4. The topological polar surface area (TPSA) is 52.6 Å². The number of esters is 2. The normalized spacial score (nSPS) is 11.1. The molecule has 0 aromatic heterocycles. The van der Waals surface area contributed by atoms with Gasteiger partial charge in [-0.15, -0.1) is 0 Å². The van der Waals surface area contributed by atoms with Gasteiger partial charge in [0.25, 0.3) is 0 Å². The van der Waals surface area contributed by atoms with Crippen LogP contribution in [0.25, 0.3) is 0 Å². The van der Waals surface area contributed by atoms with Gasteiger partial charge < -0.3 is 9.47 Å². The van der Waals surface area contributed by atoms with Crippen LogP contribution in [0.5, 0.6) is 0 Å². The summed E-state index contributed by atoms with van der Waals surface area (Å²) in [5, 5.41) is 0. The third-order valence-corrected chi connectivity index (χ3v) is 2.28. The van der Waals surface area contributed by atoms with Gasteiger partial charge in [0.1, 0.15) is 0 Å². The van der Waals surface area contributed by atoms with Crippen LogP contribution in [0, 0.1) is 0 Å². The Kier molecular flexibility index (Phi) is 11.8. The lowest BCUT2D eigenvalue weighted by atomic mass is 10.3. The number of unbranched alkanes of at least 4 members (excludes halogenated alkanes) is 2. The smallest absolute Gasteiger partial charge is 0.331 e. The molecule has 108 valence electrons. The fourth-order valence-corrected chi connectivity index (χ4v) is 1.27. The summed E-state index contributed by atoms with van der Waals surface area (Å²) in [4.78, 5) is 22.4. The Morgan fingerprint density at radius 1 is 0.895 bits per heavy atom. The highest BCUT2D eigenvalue weighted by Crippen LogP contribution is 1.95. The van der Waals surface area contributed by atoms with Gasteiger partial charge in [-0.25, -0.2) is 9.59 Å². The monoisotopic (exact) mass is 268 g/mol. The molecule has 0 atom stereocenters. The fourth-order valence-electron chi connectivity index (χ4n) is 1.27. The zero-order valence-corrected chi connectivity index (χ0v) is 11.9. The van der Waals surface area contributed by atoms with Crippen molar-refractivity contribution in [1.82, 2.24) is 0 Å². The van der Waals surface area contributed by atoms with Gasteiger partial charge in [0.05, 0.1) is 13.2 Å². The molecule has 19 heavy (non-hydrogen) atoms. The minimum atomic E-state index is -0.518. The summed E-state index contributed by atoms with van der Waals surface area (Å²) in [6.45, 7) is 4.84. The average Bonchev–Trinajstić information content (AvgIpc) is 2.41. The fraction of sp³-hybridized carbons (Fsp3) is 0.600. The van der Waals surface area contributed by atoms with Gasteiger partial charge in [0.2, 0.25) is 0 Å². The number of ether oxygens (including phenoxy) is 2. The number of allylic oxidation sites excluding steroid dienone is 1. The summed E-state index contributed by atoms with van der Waals surface area (Å²) in [5.74, 6) is -1.02. The van der Waals surface area contributed by atoms with Crippen molar-refractivity contribution in [3.8, 4) is 0 Å². The second-order valence-corrected chi connectivity index (χ2v) is 4.04. The zero-order valence-electron chi connectivity index (χ0n) is 11.9. The second-order valence-electron chi connectivity index (χ2n) is 4.04. The molecule has 0 aliphatic rings. The first kappa shape index (κ1) is 17.4. The first-order chi connectivity index (χ1) is 9.20. The highest BCUT2D eigenvalue weighted by Gasteiger charge is 2.00. The Labute approximate surface area is 115 Å². The highest BCUT2D eigenvalue weighted by molar-refractivity contribution is 5.91. The van der Waals surface area contributed by atoms with E-state index in [2.05, 4.69) is 6.92 Å². The molecule has 0 radical (unpaired) electrons. The van der Waals surface area contributed by atoms with E-state index in [0.717, 1.165) is 37.8 Å². The van der Waals surface area contributed by atoms with Crippen molar-refractivity contribution in [2.75, 3.05) is 13.2 Å². The third-order valence-electron chi connectivity index (χ3n) is 2.28. The Morgan fingerprint density at radius 2 is 1.53 bits per heavy atom. The first-order valence-electron chi connectivity index (χ1n) is 6.87. The van der Waals surface area contributed by atoms with E-state index in [4.69, 9.17) is 9.47 Å². The molecule has 0 saturated heterocycles. The van der Waals surface area contributed by atoms with E-state index in [-0.39, 0.29) is 0 Å². The van der Waals surface area contributed by atoms with Crippen molar-refractivity contribution < 1.29 is 19.1 Å². The van der Waals surface area contributed by atoms with Crippen LogP contribution >= 0.6 is 0 Å². The molecule has 0 aromatic rings. The molecule has 4 heteroatoms. The van der Waals surface area contributed by atoms with E-state index in [1.54, 1.807) is 0 Å². The van der Waals surface area contributed by atoms with Crippen molar-refractivity contribution in [2.24, 2.45) is 0 Å². The summed E-state index contributed by atoms with van der Waals surface area (Å²) in [7, 11) is 0. The van der Waals surface area contributed by atoms with Crippen molar-refractivity contribution in [2.45, 2.75) is 46.0 Å². The Balaban J connectivity index is 3.64. The van der Waals surface area contributed by atoms with Gasteiger partial charge in [0, 0.05) is 12.2 Å². The van der Waals surface area contributed by atoms with Crippen LogP contribution in [0.1, 0.15) is 46.0 Å². The van der Waals surface area contributed by atoms with Crippen molar-refractivity contribution in [3.63, 3.8) is 0 Å². The maximum absolute atomic E-state index is 11.2. The van der Waals surface area contributed by atoms with Crippen LogP contribution in [-0.2, 0) is 19.1 Å².